The topological polar surface area (TPSA) is 118 Å². The minimum absolute atomic E-state index is 0.136. The van der Waals surface area contributed by atoms with E-state index in [1.165, 1.54) is 6.08 Å². The molecule has 0 spiro atoms. The van der Waals surface area contributed by atoms with Gasteiger partial charge in [0.1, 0.15) is 11.5 Å². The lowest BCUT2D eigenvalue weighted by molar-refractivity contribution is -0.111. The van der Waals surface area contributed by atoms with Gasteiger partial charge in [-0.05, 0) is 79.4 Å². The maximum atomic E-state index is 13.4. The molecule has 1 unspecified atom stereocenters. The molecule has 3 aromatic rings. The second-order valence-corrected chi connectivity index (χ2v) is 17.4. The molecule has 0 bridgehead atoms. The predicted molar refractivity (Wildman–Crippen MR) is 178 cm³/mol. The Hall–Kier alpha value is -4.09. The van der Waals surface area contributed by atoms with Crippen molar-refractivity contribution in [3.63, 3.8) is 0 Å². The quantitative estimate of drug-likeness (QED) is 0.163. The smallest absolute Gasteiger partial charge is 0.258 e. The molecule has 0 saturated carbocycles. The number of methoxy groups -OCH3 is 2. The van der Waals surface area contributed by atoms with E-state index in [-0.39, 0.29) is 17.0 Å². The van der Waals surface area contributed by atoms with Gasteiger partial charge in [-0.1, -0.05) is 27.4 Å². The molecule has 10 nitrogen and oxygen atoms in total. The number of carbonyl (C=O) groups is 2. The summed E-state index contributed by atoms with van der Waals surface area (Å²) in [6.07, 6.45) is 3.65. The maximum Gasteiger partial charge on any atom is 0.258 e. The zero-order chi connectivity index (χ0) is 32.1. The number of rotatable bonds is 12. The first kappa shape index (κ1) is 32.8. The number of carbonyl (C=O) groups excluding carboxylic acids is 2. The highest BCUT2D eigenvalue weighted by atomic mass is 28.4. The van der Waals surface area contributed by atoms with Gasteiger partial charge in [0.05, 0.1) is 31.6 Å². The van der Waals surface area contributed by atoms with Gasteiger partial charge in [-0.2, -0.15) is 5.10 Å². The first-order valence-electron chi connectivity index (χ1n) is 14.9. The highest BCUT2D eigenvalue weighted by molar-refractivity contribution is 6.74. The first-order valence-corrected chi connectivity index (χ1v) is 17.8. The molecule has 0 aliphatic carbocycles. The summed E-state index contributed by atoms with van der Waals surface area (Å²) in [5.74, 6) is 1.07. The lowest BCUT2D eigenvalue weighted by Crippen LogP contribution is -2.44. The number of nitrogens with one attached hydrogen (secondary N) is 3. The van der Waals surface area contributed by atoms with Gasteiger partial charge in [-0.3, -0.25) is 14.7 Å². The van der Waals surface area contributed by atoms with Crippen LogP contribution in [0.15, 0.2) is 55.1 Å². The van der Waals surface area contributed by atoms with Gasteiger partial charge in [0.2, 0.25) is 5.91 Å². The Morgan fingerprint density at radius 1 is 1.07 bits per heavy atom. The number of amides is 2. The van der Waals surface area contributed by atoms with E-state index in [0.29, 0.717) is 23.5 Å². The van der Waals surface area contributed by atoms with Crippen molar-refractivity contribution in [2.24, 2.45) is 0 Å². The molecular formula is C33H45N5O5Si. The Balaban J connectivity index is 1.44. The van der Waals surface area contributed by atoms with Crippen LogP contribution in [0, 0.1) is 0 Å². The lowest BCUT2D eigenvalue weighted by atomic mass is 10.1. The molecular weight excluding hydrogens is 574 g/mol. The van der Waals surface area contributed by atoms with Crippen LogP contribution in [-0.4, -0.2) is 63.7 Å². The Morgan fingerprint density at radius 3 is 2.41 bits per heavy atom. The Kier molecular flexibility index (Phi) is 10.2. The molecule has 2 aromatic carbocycles. The van der Waals surface area contributed by atoms with E-state index < -0.39 is 14.2 Å². The van der Waals surface area contributed by atoms with Crippen LogP contribution in [0.25, 0.3) is 0 Å². The summed E-state index contributed by atoms with van der Waals surface area (Å²) in [5.41, 5.74) is 3.56. The van der Waals surface area contributed by atoms with Crippen LogP contribution in [0.1, 0.15) is 48.8 Å². The molecule has 1 fully saturated rings. The van der Waals surface area contributed by atoms with Crippen molar-refractivity contribution < 1.29 is 23.5 Å². The number of hydrogen-bond acceptors (Lipinski definition) is 7. The van der Waals surface area contributed by atoms with E-state index in [1.54, 1.807) is 26.4 Å². The second-order valence-electron chi connectivity index (χ2n) is 12.6. The van der Waals surface area contributed by atoms with Gasteiger partial charge in [0, 0.05) is 36.6 Å². The maximum absolute atomic E-state index is 13.4. The number of aromatic nitrogens is 2. The highest BCUT2D eigenvalue weighted by Crippen LogP contribution is 2.39. The van der Waals surface area contributed by atoms with Crippen LogP contribution in [0.5, 0.6) is 11.5 Å². The molecule has 3 N–H and O–H groups in total. The molecule has 1 saturated heterocycles. The number of aryl methyl sites for hydroxylation is 2. The average Bonchev–Trinajstić information content (AvgIpc) is 3.64. The molecule has 4 rings (SSSR count). The minimum Gasteiger partial charge on any atom is -0.497 e. The van der Waals surface area contributed by atoms with E-state index in [1.807, 2.05) is 30.3 Å². The molecule has 236 valence electrons. The number of H-pyrrole nitrogens is 1. The largest absolute Gasteiger partial charge is 0.497 e. The number of hydrogen-bond donors (Lipinski definition) is 3. The molecule has 0 radical (unpaired) electrons. The van der Waals surface area contributed by atoms with Crippen molar-refractivity contribution >= 4 is 37.3 Å². The molecule has 2 amide bonds. The monoisotopic (exact) mass is 619 g/mol. The zero-order valence-electron chi connectivity index (χ0n) is 26.9. The molecule has 1 aliphatic heterocycles. The van der Waals surface area contributed by atoms with Crippen LogP contribution < -0.4 is 25.0 Å². The first-order chi connectivity index (χ1) is 20.8. The summed E-state index contributed by atoms with van der Waals surface area (Å²) in [7, 11) is 1.35. The van der Waals surface area contributed by atoms with Crippen molar-refractivity contribution in [2.75, 3.05) is 42.8 Å². The fourth-order valence-electron chi connectivity index (χ4n) is 4.89. The second kappa shape index (κ2) is 13.7. The SMILES string of the molecule is C=CC(=O)Nc1cc(N2CCC(O[Si](C)(C)C(C)(C)C)C2)ccc1C(=O)Nc1cc(CCc2cc(OC)cc(OC)c2)[nH]n1. The van der Waals surface area contributed by atoms with Crippen LogP contribution in [0.4, 0.5) is 17.2 Å². The van der Waals surface area contributed by atoms with Gasteiger partial charge in [-0.25, -0.2) is 0 Å². The summed E-state index contributed by atoms with van der Waals surface area (Å²) >= 11 is 0. The molecule has 44 heavy (non-hydrogen) atoms. The fourth-order valence-corrected chi connectivity index (χ4v) is 6.27. The highest BCUT2D eigenvalue weighted by Gasteiger charge is 2.40. The van der Waals surface area contributed by atoms with Gasteiger partial charge < -0.3 is 29.4 Å². The van der Waals surface area contributed by atoms with E-state index in [4.69, 9.17) is 13.9 Å². The van der Waals surface area contributed by atoms with Crippen LogP contribution in [-0.2, 0) is 22.1 Å². The molecule has 11 heteroatoms. The van der Waals surface area contributed by atoms with Gasteiger partial charge in [0.15, 0.2) is 14.1 Å². The lowest BCUT2D eigenvalue weighted by Gasteiger charge is -2.38. The summed E-state index contributed by atoms with van der Waals surface area (Å²) in [6, 6.07) is 13.0. The van der Waals surface area contributed by atoms with Crippen LogP contribution in [0.3, 0.4) is 0 Å². The fraction of sp³-hybridized carbons (Fsp3) is 0.424. The van der Waals surface area contributed by atoms with Gasteiger partial charge in [-0.15, -0.1) is 0 Å². The average molecular weight is 620 g/mol. The third-order valence-electron chi connectivity index (χ3n) is 8.44. The van der Waals surface area contributed by atoms with E-state index >= 15 is 0 Å². The van der Waals surface area contributed by atoms with Crippen molar-refractivity contribution in [3.8, 4) is 11.5 Å². The van der Waals surface area contributed by atoms with E-state index in [9.17, 15) is 9.59 Å². The van der Waals surface area contributed by atoms with Gasteiger partial charge >= 0.3 is 0 Å². The summed E-state index contributed by atoms with van der Waals surface area (Å²) in [5, 5.41) is 13.1. The normalized spacial score (nSPS) is 15.2. The summed E-state index contributed by atoms with van der Waals surface area (Å²) < 4.78 is 17.4. The minimum atomic E-state index is -1.89. The Bertz CT molecular complexity index is 1470. The number of ether oxygens (including phenoxy) is 2. The number of benzene rings is 2. The molecule has 2 heterocycles. The third kappa shape index (κ3) is 8.09. The van der Waals surface area contributed by atoms with Crippen molar-refractivity contribution in [1.29, 1.82) is 0 Å². The van der Waals surface area contributed by atoms with Crippen molar-refractivity contribution in [1.82, 2.24) is 10.2 Å². The standard InChI is InChI=1S/C33H45N5O5Si/c1-9-31(39)34-29-19-24(38-15-14-25(21-38)43-44(7,8)33(2,3)4)12-13-28(29)32(40)35-30-18-23(36-37-30)11-10-22-16-26(41-5)20-27(17-22)42-6/h9,12-13,16-20,25H,1,10-11,14-15,21H2,2-8H3,(H,34,39)(H2,35,36,37,40). The zero-order valence-corrected chi connectivity index (χ0v) is 27.9. The molecule has 1 aromatic heterocycles. The van der Waals surface area contributed by atoms with E-state index in [2.05, 4.69) is 66.2 Å². The molecule has 1 aliphatic rings. The Morgan fingerprint density at radius 2 is 1.77 bits per heavy atom. The molecule has 1 atom stereocenters. The summed E-state index contributed by atoms with van der Waals surface area (Å²) in [6.45, 7) is 16.4. The number of nitrogens with zero attached hydrogens (tertiary/aromatic N) is 2. The number of aromatic amines is 1. The van der Waals surface area contributed by atoms with Crippen molar-refractivity contribution in [2.45, 2.75) is 64.3 Å². The Labute approximate surface area is 261 Å². The van der Waals surface area contributed by atoms with Gasteiger partial charge in [0.25, 0.3) is 5.91 Å². The van der Waals surface area contributed by atoms with Crippen molar-refractivity contribution in [3.05, 3.63) is 71.9 Å². The summed E-state index contributed by atoms with van der Waals surface area (Å²) in [4.78, 5) is 27.9. The third-order valence-corrected chi connectivity index (χ3v) is 13.0. The van der Waals surface area contributed by atoms with Crippen LogP contribution >= 0.6 is 0 Å². The number of anilines is 3. The van der Waals surface area contributed by atoms with Crippen LogP contribution in [0.2, 0.25) is 18.1 Å². The predicted octanol–water partition coefficient (Wildman–Crippen LogP) is 6.19. The van der Waals surface area contributed by atoms with E-state index in [0.717, 1.165) is 54.4 Å².